The summed E-state index contributed by atoms with van der Waals surface area (Å²) in [5.41, 5.74) is -4.94. The van der Waals surface area contributed by atoms with Crippen LogP contribution in [0.4, 0.5) is 45.5 Å². The Hall–Kier alpha value is -16.6. The number of hydrogen-bond acceptors (Lipinski definition) is 34. The molecule has 0 saturated carbocycles. The number of likely N-dealkylation sites (tertiary alicyclic amines) is 2. The van der Waals surface area contributed by atoms with E-state index in [-0.39, 0.29) is 59.7 Å². The van der Waals surface area contributed by atoms with Gasteiger partial charge in [0.1, 0.15) is 24.6 Å². The number of rotatable bonds is 21. The van der Waals surface area contributed by atoms with Gasteiger partial charge in [0, 0.05) is 105 Å². The van der Waals surface area contributed by atoms with Crippen molar-refractivity contribution in [3.05, 3.63) is 277 Å². The van der Waals surface area contributed by atoms with E-state index in [1.54, 1.807) is 23.6 Å². The third-order valence-electron chi connectivity index (χ3n) is 25.9. The fourth-order valence-corrected chi connectivity index (χ4v) is 19.0. The first-order valence-corrected chi connectivity index (χ1v) is 43.8. The van der Waals surface area contributed by atoms with E-state index in [9.17, 15) is 120 Å². The van der Waals surface area contributed by atoms with Crippen LogP contribution in [-0.4, -0.2) is 164 Å². The Morgan fingerprint density at radius 2 is 0.877 bits per heavy atom. The summed E-state index contributed by atoms with van der Waals surface area (Å²) in [6, 6.07) is 21.7. The number of cyclic esters (lactones) is 2. The van der Waals surface area contributed by atoms with Crippen LogP contribution in [0.15, 0.2) is 117 Å². The molecule has 2 N–H and O–H groups in total. The van der Waals surface area contributed by atoms with Crippen LogP contribution in [0, 0.1) is 101 Å². The number of aryl methyl sites for hydroxylation is 4. The highest BCUT2D eigenvalue weighted by atomic mass is 16.7. The minimum Gasteiger partial charge on any atom is -0.478 e. The van der Waals surface area contributed by atoms with Gasteiger partial charge in [-0.3, -0.25) is 95.3 Å². The molecule has 0 bridgehead atoms. The molecule has 6 aromatic carbocycles. The third-order valence-corrected chi connectivity index (χ3v) is 25.9. The number of oxime groups is 2. The van der Waals surface area contributed by atoms with Crippen molar-refractivity contribution < 1.29 is 97.5 Å². The quantitative estimate of drug-likeness (QED) is 0.0292. The molecule has 0 radical (unpaired) electrons. The minimum absolute atomic E-state index is 0.0682. The van der Waals surface area contributed by atoms with Crippen LogP contribution in [0.3, 0.4) is 0 Å². The number of aromatic nitrogens is 4. The molecule has 10 aromatic rings. The van der Waals surface area contributed by atoms with Crippen molar-refractivity contribution in [2.45, 2.75) is 183 Å². The van der Waals surface area contributed by atoms with Crippen LogP contribution < -0.4 is 11.1 Å². The molecule has 4 aromatic heterocycles. The van der Waals surface area contributed by atoms with E-state index in [4.69, 9.17) is 39.0 Å². The number of piperidine rings is 2. The molecule has 4 atom stereocenters. The van der Waals surface area contributed by atoms with Crippen LogP contribution >= 0.6 is 0 Å². The lowest BCUT2D eigenvalue weighted by Gasteiger charge is -2.40. The first-order valence-electron chi connectivity index (χ1n) is 43.8. The molecule has 6 aliphatic heterocycles. The molecule has 138 heavy (non-hydrogen) atoms. The Morgan fingerprint density at radius 3 is 1.24 bits per heavy atom. The second-order valence-electron chi connectivity index (χ2n) is 34.3. The Labute approximate surface area is 778 Å². The molecular weight excluding hydrogens is 1810 g/mol. The van der Waals surface area contributed by atoms with E-state index in [1.807, 2.05) is 58.0 Å². The normalized spacial score (nSPS) is 17.0. The molecule has 18 rings (SSSR count). The number of benzene rings is 6. The Kier molecular flexibility index (Phi) is 26.0. The maximum Gasteiger partial charge on any atom is 0.355 e. The lowest BCUT2D eigenvalue weighted by molar-refractivity contribution is -0.395. The maximum absolute atomic E-state index is 14.2. The smallest absolute Gasteiger partial charge is 0.355 e. The number of esters is 3. The van der Waals surface area contributed by atoms with Crippen LogP contribution in [0.2, 0.25) is 0 Å². The van der Waals surface area contributed by atoms with Crippen molar-refractivity contribution in [3.8, 4) is 45.0 Å². The zero-order valence-corrected chi connectivity index (χ0v) is 75.5. The number of nitro benzene ring substituents is 8. The number of non-ortho nitro benzene ring substituents is 4. The lowest BCUT2D eigenvalue weighted by Crippen LogP contribution is -2.48. The zero-order chi connectivity index (χ0) is 99.8. The second-order valence-corrected chi connectivity index (χ2v) is 34.3. The fraction of sp³-hybridized carbons (Fsp3) is 0.359. The second kappa shape index (κ2) is 37.4. The highest BCUT2D eigenvalue weighted by Crippen LogP contribution is 2.54. The number of aliphatic hydroxyl groups is 1. The van der Waals surface area contributed by atoms with E-state index >= 15 is 0 Å². The van der Waals surface area contributed by atoms with Gasteiger partial charge in [-0.25, -0.2) is 29.1 Å². The lowest BCUT2D eigenvalue weighted by atomic mass is 9.85. The number of ether oxygens (including phenoxy) is 3. The summed E-state index contributed by atoms with van der Waals surface area (Å²) in [5.74, 6) is -3.88. The number of carboxylic acids is 1. The van der Waals surface area contributed by atoms with E-state index in [2.05, 4.69) is 40.0 Å². The van der Waals surface area contributed by atoms with E-state index in [1.165, 1.54) is 67.8 Å². The SMILES string of the molecule is CC(C)C(=O)N1CCC(N2CCCCC2)CC1.CCc1c2c(nc3ccc(C)cc13)-c1cc3c(c(=O)n1C2)COC(=O)[C@@]3(CC)OC(=O)[C@@H](C)ON=C1c2cc([N+](=O)[O-])cc([N+](=O)[O-])c2-c2c1cc([N+](=O)[O-])cc2[N+](=O)[O-].CCc1c2c(nc3ccc(C)cc13)-c1cc3c(c(=O)n1C2)COC(=O)[C@]3(O)CC.C[C@@H](ON=C1c2cc([N+](=O)[O-])cc([N+](=O)[O-])c2-c2c1cc([N+](=O)[O-])cc2[N+](=O)[O-])C(=O)O. The number of pyridine rings is 4. The Morgan fingerprint density at radius 1 is 0.493 bits per heavy atom. The van der Waals surface area contributed by atoms with Crippen LogP contribution in [0.25, 0.3) is 66.8 Å². The molecule has 8 aliphatic rings. The van der Waals surface area contributed by atoms with Crippen molar-refractivity contribution >= 4 is 109 Å². The Balaban J connectivity index is 0.000000155. The standard InChI is InChI=1S/C39H29N7O14.C23H22N2O4.C16H9N5O11.C14H26N2O/c1-5-21-22-9-17(3)7-8-28(22)40-35-25(21)15-42-31(35)14-27-26(36(42)47)16-58-38(49)39(27,6-2)59-37(48)18(4)60-41-34-23-10-19(43(50)51)12-29(45(54)55)32(23)33-24(34)11-20(44(52)53)13-30(33)46(56)57;1-4-13-14-8-12(3)6-7-18(14)24-20-15(13)10-25-19(20)9-17-16(21(25)26)11-29-22(27)23(17,28)5-2;1-6(16(22)23)32-17-15-9-2-7(18(24)25)4-11(20(28)29)13(9)14-10(15)3-8(19(26)27)5-12(14)21(30)31;1-12(2)14(17)16-10-6-13(7-11-16)15-8-4-3-5-9-15/h7-14,18H,5-6,15-16H2,1-4H3;6-9,28H,4-5,10-11H2,1-3H3;2-6H,1H3,(H,22,23);12-13H,3-11H2,1-2H3/t18-,39+;23-;6-;/m101./s1. The molecule has 714 valence electrons. The summed E-state index contributed by atoms with van der Waals surface area (Å²) in [7, 11) is 0. The third kappa shape index (κ3) is 16.9. The van der Waals surface area contributed by atoms with Crippen LogP contribution in [0.5, 0.6) is 0 Å². The number of hydrogen-bond donors (Lipinski definition) is 2. The molecule has 46 nitrogen and oxygen atoms in total. The van der Waals surface area contributed by atoms with Gasteiger partial charge in [-0.05, 0) is 140 Å². The minimum atomic E-state index is -2.18. The molecule has 2 saturated heterocycles. The first-order chi connectivity index (χ1) is 65.5. The molecular formula is C92H86N16O30. The average molecular weight is 1900 g/mol. The van der Waals surface area contributed by atoms with Crippen molar-refractivity contribution in [2.24, 2.45) is 16.2 Å². The molecule has 46 heteroatoms. The van der Waals surface area contributed by atoms with Crippen molar-refractivity contribution in [3.63, 3.8) is 0 Å². The number of carbonyl (C=O) groups excluding carboxylic acids is 4. The average Bonchev–Trinajstić information content (AvgIpc) is 1.43. The van der Waals surface area contributed by atoms with Crippen LogP contribution in [-0.2, 0) is 98.2 Å². The molecule has 1 amide bonds. The predicted molar refractivity (Wildman–Crippen MR) is 488 cm³/mol. The van der Waals surface area contributed by atoms with Gasteiger partial charge in [-0.2, -0.15) is 0 Å². The molecule has 0 unspecified atom stereocenters. The number of amides is 1. The van der Waals surface area contributed by atoms with Crippen molar-refractivity contribution in [1.82, 2.24) is 28.9 Å². The predicted octanol–water partition coefficient (Wildman–Crippen LogP) is 13.6. The van der Waals surface area contributed by atoms with Gasteiger partial charge in [-0.15, -0.1) is 0 Å². The maximum atomic E-state index is 14.2. The van der Waals surface area contributed by atoms with Gasteiger partial charge in [-0.1, -0.05) is 81.5 Å². The molecule has 2 fully saturated rings. The van der Waals surface area contributed by atoms with Gasteiger partial charge in [0.15, 0.2) is 5.60 Å². The summed E-state index contributed by atoms with van der Waals surface area (Å²) >= 11 is 0. The number of nitrogens with zero attached hydrogens (tertiary/aromatic N) is 16. The highest BCUT2D eigenvalue weighted by molar-refractivity contribution is 6.28. The monoisotopic (exact) mass is 1890 g/mol. The fourth-order valence-electron chi connectivity index (χ4n) is 19.0. The van der Waals surface area contributed by atoms with Crippen molar-refractivity contribution in [1.29, 1.82) is 0 Å². The van der Waals surface area contributed by atoms with E-state index in [0.29, 0.717) is 76.9 Å². The van der Waals surface area contributed by atoms with E-state index < -0.39 is 189 Å². The van der Waals surface area contributed by atoms with Gasteiger partial charge in [0.25, 0.3) is 56.6 Å². The number of carbonyl (C=O) groups is 5. The summed E-state index contributed by atoms with van der Waals surface area (Å²) in [5, 5.41) is 123. The highest BCUT2D eigenvalue weighted by Gasteiger charge is 2.53. The largest absolute Gasteiger partial charge is 0.478 e. The van der Waals surface area contributed by atoms with Gasteiger partial charge in [0.2, 0.25) is 23.7 Å². The first kappa shape index (κ1) is 96.0. The van der Waals surface area contributed by atoms with Gasteiger partial charge >= 0.3 is 23.9 Å². The van der Waals surface area contributed by atoms with Crippen LogP contribution in [0.1, 0.15) is 178 Å². The number of fused-ring (bicyclic) bond motifs is 16. The number of nitro groups is 8. The number of carboxylic acid groups (broad SMARTS) is 1. The van der Waals surface area contributed by atoms with Gasteiger partial charge < -0.3 is 53.0 Å². The summed E-state index contributed by atoms with van der Waals surface area (Å²) in [4.78, 5) is 201. The summed E-state index contributed by atoms with van der Waals surface area (Å²) < 4.78 is 19.7. The summed E-state index contributed by atoms with van der Waals surface area (Å²) in [6.45, 7) is 22.2. The molecule has 10 heterocycles. The summed E-state index contributed by atoms with van der Waals surface area (Å²) in [6.07, 6.45) is 4.60. The molecule has 0 spiro atoms. The topological polar surface area (TPSA) is 618 Å². The zero-order valence-electron chi connectivity index (χ0n) is 75.5. The number of aliphatic carboxylic acids is 1. The van der Waals surface area contributed by atoms with E-state index in [0.717, 1.165) is 108 Å². The van der Waals surface area contributed by atoms with Gasteiger partial charge in [0.05, 0.1) is 144 Å². The Bertz CT molecular complexity index is 7070. The molecule has 2 aliphatic carbocycles. The van der Waals surface area contributed by atoms with Crippen molar-refractivity contribution in [2.75, 3.05) is 26.2 Å².